The van der Waals surface area contributed by atoms with E-state index in [1.807, 2.05) is 0 Å². The smallest absolute Gasteiger partial charge is 0.376 e. The molecule has 1 rings (SSSR count). The van der Waals surface area contributed by atoms with Gasteiger partial charge in [0.15, 0.2) is 6.29 Å². The Bertz CT molecular complexity index is 554. The average molecular weight is 285 g/mol. The minimum Gasteiger partial charge on any atom is -0.376 e. The predicted molar refractivity (Wildman–Crippen MR) is 52.8 cm³/mol. The molecule has 0 spiro atoms. The van der Waals surface area contributed by atoms with Gasteiger partial charge in [0.25, 0.3) is 0 Å². The minimum atomic E-state index is -5.79. The summed E-state index contributed by atoms with van der Waals surface area (Å²) in [4.78, 5) is 10.5. The molecule has 0 atom stereocenters. The lowest BCUT2D eigenvalue weighted by atomic mass is 10.2. The van der Waals surface area contributed by atoms with Gasteiger partial charge in [-0.3, -0.25) is 15.5 Å². The van der Waals surface area contributed by atoms with Gasteiger partial charge in [-0.25, -0.2) is 0 Å². The van der Waals surface area contributed by atoms with Crippen molar-refractivity contribution in [3.05, 3.63) is 23.8 Å². The van der Waals surface area contributed by atoms with E-state index in [-0.39, 0.29) is 17.5 Å². The third-order valence-corrected chi connectivity index (χ3v) is 2.74. The van der Waals surface area contributed by atoms with Crippen LogP contribution in [0.5, 0.6) is 5.75 Å². The minimum absolute atomic E-state index is 0.109. The van der Waals surface area contributed by atoms with Crippen molar-refractivity contribution in [2.24, 2.45) is 0 Å². The van der Waals surface area contributed by atoms with Gasteiger partial charge in [-0.05, 0) is 18.2 Å². The van der Waals surface area contributed by atoms with Crippen LogP contribution in [0.25, 0.3) is 0 Å². The molecule has 0 aromatic heterocycles. The molecule has 2 N–H and O–H groups in total. The summed E-state index contributed by atoms with van der Waals surface area (Å²) in [6, 6.07) is 2.55. The average Bonchev–Trinajstić information content (AvgIpc) is 2.26. The summed E-state index contributed by atoms with van der Waals surface area (Å²) in [6.07, 6.45) is 0.200. The van der Waals surface area contributed by atoms with Gasteiger partial charge in [0.1, 0.15) is 5.75 Å². The molecule has 0 amide bonds. The number of alkyl halides is 3. The van der Waals surface area contributed by atoms with E-state index in [2.05, 4.69) is 4.18 Å². The van der Waals surface area contributed by atoms with Gasteiger partial charge in [-0.1, -0.05) is 0 Å². The number of nitrogens with one attached hydrogen (secondary N) is 1. The monoisotopic (exact) mass is 285 g/mol. The van der Waals surface area contributed by atoms with E-state index in [0.29, 0.717) is 0 Å². The fourth-order valence-corrected chi connectivity index (χ4v) is 1.42. The van der Waals surface area contributed by atoms with Crippen LogP contribution in [0.3, 0.4) is 0 Å². The van der Waals surface area contributed by atoms with Crippen molar-refractivity contribution in [1.82, 2.24) is 0 Å². The Balaban J connectivity index is 3.11. The number of benzene rings is 1. The van der Waals surface area contributed by atoms with Gasteiger partial charge in [0.05, 0.1) is 5.69 Å². The van der Waals surface area contributed by atoms with E-state index >= 15 is 0 Å². The van der Waals surface area contributed by atoms with Crippen LogP contribution >= 0.6 is 0 Å². The molecule has 0 bridgehead atoms. The SMILES string of the molecule is O=Cc1cc(OS(=O)(=O)C(F)(F)F)ccc1NO. The second kappa shape index (κ2) is 4.82. The van der Waals surface area contributed by atoms with Crippen molar-refractivity contribution in [3.63, 3.8) is 0 Å². The quantitative estimate of drug-likeness (QED) is 0.377. The van der Waals surface area contributed by atoms with Gasteiger partial charge >= 0.3 is 15.6 Å². The summed E-state index contributed by atoms with van der Waals surface area (Å²) in [5.41, 5.74) is -4.34. The van der Waals surface area contributed by atoms with E-state index in [0.717, 1.165) is 18.2 Å². The van der Waals surface area contributed by atoms with Crippen molar-refractivity contribution in [1.29, 1.82) is 0 Å². The molecule has 1 aromatic carbocycles. The highest BCUT2D eigenvalue weighted by atomic mass is 32.2. The highest BCUT2D eigenvalue weighted by Crippen LogP contribution is 2.28. The molecule has 0 saturated heterocycles. The van der Waals surface area contributed by atoms with Crippen LogP contribution in [0.4, 0.5) is 18.9 Å². The van der Waals surface area contributed by atoms with Crippen LogP contribution in [-0.2, 0) is 10.1 Å². The molecule has 10 heteroatoms. The number of hydrogen-bond acceptors (Lipinski definition) is 6. The van der Waals surface area contributed by atoms with E-state index in [9.17, 15) is 26.4 Å². The van der Waals surface area contributed by atoms with Gasteiger partial charge in [0.2, 0.25) is 0 Å². The number of carbonyl (C=O) groups excluding carboxylic acids is 1. The van der Waals surface area contributed by atoms with Crippen molar-refractivity contribution in [2.45, 2.75) is 5.51 Å². The number of carbonyl (C=O) groups is 1. The first kappa shape index (κ1) is 14.3. The maximum Gasteiger partial charge on any atom is 0.534 e. The summed E-state index contributed by atoms with van der Waals surface area (Å²) in [5, 5.41) is 8.55. The van der Waals surface area contributed by atoms with Crippen LogP contribution < -0.4 is 9.66 Å². The Morgan fingerprint density at radius 3 is 2.39 bits per heavy atom. The Labute approximate surface area is 99.1 Å². The van der Waals surface area contributed by atoms with Crippen LogP contribution in [-0.4, -0.2) is 25.4 Å². The first-order valence-electron chi connectivity index (χ1n) is 4.21. The van der Waals surface area contributed by atoms with Gasteiger partial charge in [-0.15, -0.1) is 0 Å². The molecule has 18 heavy (non-hydrogen) atoms. The lowest BCUT2D eigenvalue weighted by Gasteiger charge is -2.10. The van der Waals surface area contributed by atoms with Crippen molar-refractivity contribution in [2.75, 3.05) is 5.48 Å². The fourth-order valence-electron chi connectivity index (χ4n) is 0.966. The molecule has 100 valence electrons. The molecule has 1 aromatic rings. The van der Waals surface area contributed by atoms with Crippen molar-refractivity contribution >= 4 is 22.1 Å². The molecule has 0 aliphatic rings. The fraction of sp³-hybridized carbons (Fsp3) is 0.125. The Kier molecular flexibility index (Phi) is 3.82. The lowest BCUT2D eigenvalue weighted by molar-refractivity contribution is -0.0500. The molecular formula is C8H6F3NO5S. The molecule has 0 fully saturated rings. The molecule has 0 radical (unpaired) electrons. The summed E-state index contributed by atoms with van der Waals surface area (Å²) in [7, 11) is -5.79. The van der Waals surface area contributed by atoms with Gasteiger partial charge in [-0.2, -0.15) is 21.6 Å². The summed E-state index contributed by atoms with van der Waals surface area (Å²) >= 11 is 0. The van der Waals surface area contributed by atoms with Gasteiger partial charge < -0.3 is 4.18 Å². The third-order valence-electron chi connectivity index (χ3n) is 1.76. The number of anilines is 1. The second-order valence-corrected chi connectivity index (χ2v) is 4.50. The number of halogens is 3. The Hall–Kier alpha value is -1.81. The molecule has 0 aliphatic carbocycles. The Morgan fingerprint density at radius 1 is 1.33 bits per heavy atom. The Morgan fingerprint density at radius 2 is 1.94 bits per heavy atom. The zero-order valence-electron chi connectivity index (χ0n) is 8.43. The zero-order valence-corrected chi connectivity index (χ0v) is 9.25. The number of rotatable bonds is 4. The van der Waals surface area contributed by atoms with Crippen molar-refractivity contribution < 1.29 is 35.8 Å². The molecule has 6 nitrogen and oxygen atoms in total. The summed E-state index contributed by atoms with van der Waals surface area (Å²) in [5.74, 6) is -0.701. The van der Waals surface area contributed by atoms with Crippen LogP contribution in [0.1, 0.15) is 10.4 Å². The summed E-state index contributed by atoms with van der Waals surface area (Å²) < 4.78 is 61.2. The maximum absolute atomic E-state index is 12.0. The third kappa shape index (κ3) is 2.90. The van der Waals surface area contributed by atoms with E-state index < -0.39 is 21.4 Å². The molecule has 0 aliphatic heterocycles. The molecule has 0 heterocycles. The normalized spacial score (nSPS) is 12.0. The van der Waals surface area contributed by atoms with E-state index in [1.54, 1.807) is 5.48 Å². The highest BCUT2D eigenvalue weighted by molar-refractivity contribution is 7.88. The van der Waals surface area contributed by atoms with E-state index in [1.165, 1.54) is 0 Å². The molecule has 0 saturated carbocycles. The van der Waals surface area contributed by atoms with Gasteiger partial charge in [0, 0.05) is 5.56 Å². The largest absolute Gasteiger partial charge is 0.534 e. The molecular weight excluding hydrogens is 279 g/mol. The van der Waals surface area contributed by atoms with E-state index in [4.69, 9.17) is 5.21 Å². The van der Waals surface area contributed by atoms with Crippen LogP contribution in [0, 0.1) is 0 Å². The first-order valence-corrected chi connectivity index (χ1v) is 5.62. The predicted octanol–water partition coefficient (Wildman–Crippen LogP) is 1.53. The highest BCUT2D eigenvalue weighted by Gasteiger charge is 2.48. The first-order chi connectivity index (χ1) is 8.21. The topological polar surface area (TPSA) is 92.7 Å². The summed E-state index contributed by atoms with van der Waals surface area (Å²) in [6.45, 7) is 0. The van der Waals surface area contributed by atoms with Crippen LogP contribution in [0.2, 0.25) is 0 Å². The standard InChI is InChI=1S/C8H6F3NO5S/c9-8(10,11)18(15,16)17-6-1-2-7(12-14)5(3-6)4-13/h1-4,12,14H. The number of hydrogen-bond donors (Lipinski definition) is 2. The molecule has 0 unspecified atom stereocenters. The second-order valence-electron chi connectivity index (χ2n) is 2.96. The number of aldehydes is 1. The van der Waals surface area contributed by atoms with Crippen LogP contribution in [0.15, 0.2) is 18.2 Å². The maximum atomic E-state index is 12.0. The van der Waals surface area contributed by atoms with Crippen molar-refractivity contribution in [3.8, 4) is 5.75 Å². The zero-order chi connectivity index (χ0) is 14.0. The lowest BCUT2D eigenvalue weighted by Crippen LogP contribution is -2.28.